The van der Waals surface area contributed by atoms with E-state index in [0.717, 1.165) is 0 Å². The van der Waals surface area contributed by atoms with Gasteiger partial charge in [0.15, 0.2) is 0 Å². The summed E-state index contributed by atoms with van der Waals surface area (Å²) in [4.78, 5) is 13.7. The van der Waals surface area contributed by atoms with Gasteiger partial charge in [-0.3, -0.25) is 4.79 Å². The van der Waals surface area contributed by atoms with Crippen molar-refractivity contribution in [3.8, 4) is 11.8 Å². The lowest BCUT2D eigenvalue weighted by Crippen LogP contribution is -2.31. The standard InChI is InChI=1S/C14H18FN3O/c1-18(2)9-8-17-14(19)12-6-5-11(4-3-7-16)10-13(12)15/h5-6,10H,7-9,16H2,1-2H3,(H,17,19). The van der Waals surface area contributed by atoms with Crippen molar-refractivity contribution >= 4 is 5.91 Å². The van der Waals surface area contributed by atoms with Gasteiger partial charge in [0.25, 0.3) is 5.91 Å². The lowest BCUT2D eigenvalue weighted by atomic mass is 10.1. The van der Waals surface area contributed by atoms with Crippen LogP contribution < -0.4 is 11.1 Å². The first-order valence-corrected chi connectivity index (χ1v) is 5.96. The van der Waals surface area contributed by atoms with Gasteiger partial charge in [0.2, 0.25) is 0 Å². The summed E-state index contributed by atoms with van der Waals surface area (Å²) in [6.45, 7) is 1.39. The van der Waals surface area contributed by atoms with E-state index < -0.39 is 11.7 Å². The average Bonchev–Trinajstić information content (AvgIpc) is 2.35. The number of carbonyl (C=O) groups is 1. The second kappa shape index (κ2) is 7.52. The first kappa shape index (κ1) is 15.2. The van der Waals surface area contributed by atoms with Crippen LogP contribution in [0.3, 0.4) is 0 Å². The number of nitrogens with two attached hydrogens (primary N) is 1. The molecule has 1 amide bonds. The Kier molecular flexibility index (Phi) is 6.00. The number of nitrogens with one attached hydrogen (secondary N) is 1. The average molecular weight is 263 g/mol. The van der Waals surface area contributed by atoms with Crippen molar-refractivity contribution in [2.45, 2.75) is 0 Å². The predicted octanol–water partition coefficient (Wildman–Crippen LogP) is 0.427. The molecule has 0 fully saturated rings. The minimum atomic E-state index is -0.578. The van der Waals surface area contributed by atoms with Crippen molar-refractivity contribution < 1.29 is 9.18 Å². The van der Waals surface area contributed by atoms with E-state index in [1.807, 2.05) is 19.0 Å². The molecular formula is C14H18FN3O. The van der Waals surface area contributed by atoms with Crippen LogP contribution in [0.25, 0.3) is 0 Å². The lowest BCUT2D eigenvalue weighted by Gasteiger charge is -2.10. The minimum Gasteiger partial charge on any atom is -0.351 e. The van der Waals surface area contributed by atoms with Crippen LogP contribution in [0.15, 0.2) is 18.2 Å². The third kappa shape index (κ3) is 5.08. The van der Waals surface area contributed by atoms with Gasteiger partial charge in [-0.2, -0.15) is 0 Å². The van der Waals surface area contributed by atoms with Gasteiger partial charge >= 0.3 is 0 Å². The fraction of sp³-hybridized carbons (Fsp3) is 0.357. The van der Waals surface area contributed by atoms with Gasteiger partial charge < -0.3 is 16.0 Å². The summed E-state index contributed by atoms with van der Waals surface area (Å²) in [6, 6.07) is 4.27. The summed E-state index contributed by atoms with van der Waals surface area (Å²) in [5, 5.41) is 2.66. The van der Waals surface area contributed by atoms with Crippen LogP contribution in [0.2, 0.25) is 0 Å². The van der Waals surface area contributed by atoms with E-state index in [9.17, 15) is 9.18 Å². The quantitative estimate of drug-likeness (QED) is 0.774. The molecule has 0 aromatic heterocycles. The number of likely N-dealkylation sites (N-methyl/N-ethyl adjacent to an activating group) is 1. The minimum absolute atomic E-state index is 0.0251. The molecule has 0 atom stereocenters. The highest BCUT2D eigenvalue weighted by Crippen LogP contribution is 2.09. The molecule has 0 aliphatic heterocycles. The summed E-state index contributed by atoms with van der Waals surface area (Å²) < 4.78 is 13.7. The number of nitrogens with zero attached hydrogens (tertiary/aromatic N) is 1. The topological polar surface area (TPSA) is 58.4 Å². The normalized spacial score (nSPS) is 9.95. The molecule has 0 bridgehead atoms. The van der Waals surface area contributed by atoms with E-state index >= 15 is 0 Å². The molecule has 0 spiro atoms. The Morgan fingerprint density at radius 2 is 2.21 bits per heavy atom. The smallest absolute Gasteiger partial charge is 0.254 e. The van der Waals surface area contributed by atoms with Crippen molar-refractivity contribution in [2.24, 2.45) is 5.73 Å². The Hall–Kier alpha value is -1.90. The maximum atomic E-state index is 13.7. The highest BCUT2D eigenvalue weighted by atomic mass is 19.1. The molecule has 102 valence electrons. The molecule has 5 heteroatoms. The first-order valence-electron chi connectivity index (χ1n) is 5.96. The van der Waals surface area contributed by atoms with E-state index in [1.165, 1.54) is 12.1 Å². The zero-order valence-corrected chi connectivity index (χ0v) is 11.2. The van der Waals surface area contributed by atoms with E-state index in [1.54, 1.807) is 6.07 Å². The molecule has 4 nitrogen and oxygen atoms in total. The van der Waals surface area contributed by atoms with Crippen molar-refractivity contribution in [2.75, 3.05) is 33.7 Å². The molecule has 3 N–H and O–H groups in total. The Morgan fingerprint density at radius 3 is 2.79 bits per heavy atom. The van der Waals surface area contributed by atoms with E-state index in [4.69, 9.17) is 5.73 Å². The van der Waals surface area contributed by atoms with Gasteiger partial charge in [0, 0.05) is 18.7 Å². The van der Waals surface area contributed by atoms with Crippen LogP contribution in [-0.2, 0) is 0 Å². The zero-order chi connectivity index (χ0) is 14.3. The number of hydrogen-bond acceptors (Lipinski definition) is 3. The number of rotatable bonds is 4. The van der Waals surface area contributed by atoms with Gasteiger partial charge in [0.05, 0.1) is 12.1 Å². The fourth-order valence-electron chi connectivity index (χ4n) is 1.42. The number of hydrogen-bond donors (Lipinski definition) is 2. The summed E-state index contributed by atoms with van der Waals surface area (Å²) >= 11 is 0. The fourth-order valence-corrected chi connectivity index (χ4v) is 1.42. The van der Waals surface area contributed by atoms with Crippen molar-refractivity contribution in [3.05, 3.63) is 35.1 Å². The van der Waals surface area contributed by atoms with Gasteiger partial charge in [0.1, 0.15) is 5.82 Å². The van der Waals surface area contributed by atoms with Gasteiger partial charge in [-0.25, -0.2) is 4.39 Å². The number of halogens is 1. The van der Waals surface area contributed by atoms with Crippen molar-refractivity contribution in [1.29, 1.82) is 0 Å². The number of amides is 1. The summed E-state index contributed by atoms with van der Waals surface area (Å²) in [5.41, 5.74) is 5.77. The van der Waals surface area contributed by atoms with Crippen molar-refractivity contribution in [3.63, 3.8) is 0 Å². The molecule has 19 heavy (non-hydrogen) atoms. The number of benzene rings is 1. The maximum Gasteiger partial charge on any atom is 0.254 e. The summed E-state index contributed by atoms with van der Waals surface area (Å²) in [7, 11) is 3.80. The lowest BCUT2D eigenvalue weighted by molar-refractivity contribution is 0.0947. The maximum absolute atomic E-state index is 13.7. The second-order valence-electron chi connectivity index (χ2n) is 4.26. The van der Waals surface area contributed by atoms with E-state index in [2.05, 4.69) is 17.2 Å². The largest absolute Gasteiger partial charge is 0.351 e. The van der Waals surface area contributed by atoms with Crippen LogP contribution in [0, 0.1) is 17.7 Å². The van der Waals surface area contributed by atoms with Crippen LogP contribution in [0.4, 0.5) is 4.39 Å². The van der Waals surface area contributed by atoms with Gasteiger partial charge in [-0.05, 0) is 32.3 Å². The molecule has 1 aromatic carbocycles. The van der Waals surface area contributed by atoms with Crippen LogP contribution in [0.5, 0.6) is 0 Å². The predicted molar refractivity (Wildman–Crippen MR) is 73.2 cm³/mol. The van der Waals surface area contributed by atoms with Crippen LogP contribution in [0.1, 0.15) is 15.9 Å². The zero-order valence-electron chi connectivity index (χ0n) is 11.2. The molecule has 1 aromatic rings. The van der Waals surface area contributed by atoms with Crippen molar-refractivity contribution in [1.82, 2.24) is 10.2 Å². The first-order chi connectivity index (χ1) is 9.04. The molecule has 0 saturated heterocycles. The molecule has 0 radical (unpaired) electrons. The molecular weight excluding hydrogens is 245 g/mol. The second-order valence-corrected chi connectivity index (χ2v) is 4.26. The van der Waals surface area contributed by atoms with Crippen LogP contribution in [-0.4, -0.2) is 44.5 Å². The van der Waals surface area contributed by atoms with Crippen LogP contribution >= 0.6 is 0 Å². The van der Waals surface area contributed by atoms with E-state index in [-0.39, 0.29) is 12.1 Å². The molecule has 0 unspecified atom stereocenters. The number of carbonyl (C=O) groups excluding carboxylic acids is 1. The molecule has 0 aliphatic rings. The van der Waals surface area contributed by atoms with Gasteiger partial charge in [-0.15, -0.1) is 0 Å². The highest BCUT2D eigenvalue weighted by Gasteiger charge is 2.11. The Labute approximate surface area is 112 Å². The monoisotopic (exact) mass is 263 g/mol. The third-order valence-corrected chi connectivity index (χ3v) is 2.39. The third-order valence-electron chi connectivity index (χ3n) is 2.39. The Morgan fingerprint density at radius 1 is 1.47 bits per heavy atom. The summed E-state index contributed by atoms with van der Waals surface area (Å²) in [6.07, 6.45) is 0. The van der Waals surface area contributed by atoms with E-state index in [0.29, 0.717) is 18.7 Å². The molecule has 0 heterocycles. The Bertz CT molecular complexity index is 503. The summed E-state index contributed by atoms with van der Waals surface area (Å²) in [5.74, 6) is 4.35. The Balaban J connectivity index is 2.70. The molecule has 0 aliphatic carbocycles. The SMILES string of the molecule is CN(C)CCNC(=O)c1ccc(C#CCN)cc1F. The molecule has 0 saturated carbocycles. The van der Waals surface area contributed by atoms with Gasteiger partial charge in [-0.1, -0.05) is 11.8 Å². The highest BCUT2D eigenvalue weighted by molar-refractivity contribution is 5.94. The molecule has 1 rings (SSSR count).